The summed E-state index contributed by atoms with van der Waals surface area (Å²) in [6.45, 7) is 8.71. The molecule has 1 saturated heterocycles. The summed E-state index contributed by atoms with van der Waals surface area (Å²) in [4.78, 5) is 2.70. The maximum absolute atomic E-state index is 3.52. The first-order valence-corrected chi connectivity index (χ1v) is 6.77. The van der Waals surface area contributed by atoms with Gasteiger partial charge < -0.3 is 10.2 Å². The van der Waals surface area contributed by atoms with E-state index in [1.807, 2.05) is 0 Å². The molecule has 1 N–H and O–H groups in total. The minimum absolute atomic E-state index is 0.830. The van der Waals surface area contributed by atoms with E-state index >= 15 is 0 Å². The highest BCUT2D eigenvalue weighted by Gasteiger charge is 2.19. The lowest BCUT2D eigenvalue weighted by Crippen LogP contribution is -2.34. The van der Waals surface area contributed by atoms with Gasteiger partial charge in [0.05, 0.1) is 0 Å². The van der Waals surface area contributed by atoms with E-state index in [-0.39, 0.29) is 0 Å². The van der Waals surface area contributed by atoms with Crippen molar-refractivity contribution in [1.29, 1.82) is 0 Å². The molecule has 2 nitrogen and oxygen atoms in total. The number of hydrogen-bond donors (Lipinski definition) is 1. The molecule has 88 valence electrons. The first-order chi connectivity index (χ1) is 7.34. The Labute approximate surface area is 94.4 Å². The molecule has 2 heteroatoms. The van der Waals surface area contributed by atoms with Crippen molar-refractivity contribution in [3.05, 3.63) is 0 Å². The van der Waals surface area contributed by atoms with Crippen LogP contribution in [0.15, 0.2) is 0 Å². The fraction of sp³-hybridized carbons (Fsp3) is 1.00. The maximum Gasteiger partial charge on any atom is 0.0107 e. The molecule has 0 spiro atoms. The highest BCUT2D eigenvalue weighted by atomic mass is 15.2. The van der Waals surface area contributed by atoms with Crippen LogP contribution in [0, 0.1) is 11.8 Å². The van der Waals surface area contributed by atoms with Crippen LogP contribution < -0.4 is 5.32 Å². The summed E-state index contributed by atoms with van der Waals surface area (Å²) in [7, 11) is 0. The zero-order valence-electron chi connectivity index (χ0n) is 10.2. The van der Waals surface area contributed by atoms with Gasteiger partial charge in [0, 0.05) is 26.2 Å². The molecule has 0 aromatic rings. The molecule has 2 aliphatic rings. The van der Waals surface area contributed by atoms with Crippen LogP contribution in [0.25, 0.3) is 0 Å². The van der Waals surface area contributed by atoms with Gasteiger partial charge in [0.15, 0.2) is 0 Å². The van der Waals surface area contributed by atoms with E-state index in [0.717, 1.165) is 11.8 Å². The lowest BCUT2D eigenvalue weighted by molar-refractivity contribution is 0.196. The van der Waals surface area contributed by atoms with Gasteiger partial charge in [-0.25, -0.2) is 0 Å². The SMILES string of the molecule is CC1CNCCN(CC2CCCCC2)C1. The second kappa shape index (κ2) is 5.86. The van der Waals surface area contributed by atoms with Crippen molar-refractivity contribution in [2.45, 2.75) is 39.0 Å². The zero-order chi connectivity index (χ0) is 10.5. The molecule has 1 heterocycles. The Morgan fingerprint density at radius 3 is 2.80 bits per heavy atom. The van der Waals surface area contributed by atoms with E-state index in [0.29, 0.717) is 0 Å². The van der Waals surface area contributed by atoms with Crippen LogP contribution in [-0.2, 0) is 0 Å². The van der Waals surface area contributed by atoms with Crippen molar-refractivity contribution in [3.63, 3.8) is 0 Å². The smallest absolute Gasteiger partial charge is 0.0107 e. The summed E-state index contributed by atoms with van der Waals surface area (Å²) in [5, 5.41) is 3.52. The molecular formula is C13H26N2. The van der Waals surface area contributed by atoms with Gasteiger partial charge >= 0.3 is 0 Å². The summed E-state index contributed by atoms with van der Waals surface area (Å²) in [5.41, 5.74) is 0. The third-order valence-electron chi connectivity index (χ3n) is 3.91. The highest BCUT2D eigenvalue weighted by molar-refractivity contribution is 4.75. The van der Waals surface area contributed by atoms with Crippen LogP contribution in [0.4, 0.5) is 0 Å². The Balaban J connectivity index is 1.76. The van der Waals surface area contributed by atoms with Gasteiger partial charge in [-0.3, -0.25) is 0 Å². The molecule has 2 fully saturated rings. The molecule has 0 bridgehead atoms. The van der Waals surface area contributed by atoms with Gasteiger partial charge in [-0.05, 0) is 31.2 Å². The molecular weight excluding hydrogens is 184 g/mol. The van der Waals surface area contributed by atoms with Gasteiger partial charge in [0.25, 0.3) is 0 Å². The lowest BCUT2D eigenvalue weighted by atomic mass is 9.89. The van der Waals surface area contributed by atoms with Crippen molar-refractivity contribution in [2.24, 2.45) is 11.8 Å². The summed E-state index contributed by atoms with van der Waals surface area (Å²) in [5.74, 6) is 1.83. The normalized spacial score (nSPS) is 31.4. The average Bonchev–Trinajstić information content (AvgIpc) is 2.44. The van der Waals surface area contributed by atoms with Crippen LogP contribution in [0.3, 0.4) is 0 Å². The number of rotatable bonds is 2. The second-order valence-electron chi connectivity index (χ2n) is 5.57. The summed E-state index contributed by atoms with van der Waals surface area (Å²) in [6.07, 6.45) is 7.41. The van der Waals surface area contributed by atoms with Crippen LogP contribution >= 0.6 is 0 Å². The summed E-state index contributed by atoms with van der Waals surface area (Å²) >= 11 is 0. The van der Waals surface area contributed by atoms with E-state index < -0.39 is 0 Å². The highest BCUT2D eigenvalue weighted by Crippen LogP contribution is 2.24. The average molecular weight is 210 g/mol. The largest absolute Gasteiger partial charge is 0.315 e. The van der Waals surface area contributed by atoms with E-state index in [2.05, 4.69) is 17.1 Å². The van der Waals surface area contributed by atoms with E-state index in [9.17, 15) is 0 Å². The maximum atomic E-state index is 3.52. The van der Waals surface area contributed by atoms with Crippen LogP contribution in [0.1, 0.15) is 39.0 Å². The van der Waals surface area contributed by atoms with Crippen LogP contribution in [0.2, 0.25) is 0 Å². The molecule has 0 aromatic heterocycles. The first-order valence-electron chi connectivity index (χ1n) is 6.77. The predicted molar refractivity (Wildman–Crippen MR) is 65.0 cm³/mol. The number of nitrogens with zero attached hydrogens (tertiary/aromatic N) is 1. The van der Waals surface area contributed by atoms with Crippen molar-refractivity contribution >= 4 is 0 Å². The first kappa shape index (κ1) is 11.4. The van der Waals surface area contributed by atoms with Crippen LogP contribution in [0.5, 0.6) is 0 Å². The molecule has 0 amide bonds. The summed E-state index contributed by atoms with van der Waals surface area (Å²) < 4.78 is 0. The molecule has 1 aliphatic heterocycles. The molecule has 15 heavy (non-hydrogen) atoms. The van der Waals surface area contributed by atoms with E-state index in [1.165, 1.54) is 64.8 Å². The van der Waals surface area contributed by atoms with Gasteiger partial charge in [-0.15, -0.1) is 0 Å². The third kappa shape index (κ3) is 3.76. The fourth-order valence-corrected chi connectivity index (χ4v) is 3.08. The Bertz CT molecular complexity index is 175. The predicted octanol–water partition coefficient (Wildman–Crippen LogP) is 2.11. The lowest BCUT2D eigenvalue weighted by Gasteiger charge is -2.29. The molecule has 1 unspecified atom stereocenters. The standard InChI is InChI=1S/C13H26N2/c1-12-9-14-7-8-15(10-12)11-13-5-3-2-4-6-13/h12-14H,2-11H2,1H3. The Morgan fingerprint density at radius 2 is 2.00 bits per heavy atom. The molecule has 0 radical (unpaired) electrons. The van der Waals surface area contributed by atoms with Gasteiger partial charge in [-0.1, -0.05) is 26.2 Å². The fourth-order valence-electron chi connectivity index (χ4n) is 3.08. The van der Waals surface area contributed by atoms with Gasteiger partial charge in [0.2, 0.25) is 0 Å². The molecule has 1 atom stereocenters. The summed E-state index contributed by atoms with van der Waals surface area (Å²) in [6, 6.07) is 0. The Morgan fingerprint density at radius 1 is 1.20 bits per heavy atom. The molecule has 1 aliphatic carbocycles. The Kier molecular flexibility index (Phi) is 4.45. The van der Waals surface area contributed by atoms with E-state index in [4.69, 9.17) is 0 Å². The van der Waals surface area contributed by atoms with E-state index in [1.54, 1.807) is 0 Å². The second-order valence-corrected chi connectivity index (χ2v) is 5.57. The number of nitrogens with one attached hydrogen (secondary N) is 1. The molecule has 2 rings (SSSR count). The minimum atomic E-state index is 0.830. The molecule has 0 aromatic carbocycles. The minimum Gasteiger partial charge on any atom is -0.315 e. The van der Waals surface area contributed by atoms with Gasteiger partial charge in [-0.2, -0.15) is 0 Å². The third-order valence-corrected chi connectivity index (χ3v) is 3.91. The molecule has 1 saturated carbocycles. The van der Waals surface area contributed by atoms with Crippen LogP contribution in [-0.4, -0.2) is 37.6 Å². The van der Waals surface area contributed by atoms with Gasteiger partial charge in [0.1, 0.15) is 0 Å². The van der Waals surface area contributed by atoms with Crippen molar-refractivity contribution < 1.29 is 0 Å². The Hall–Kier alpha value is -0.0800. The zero-order valence-corrected chi connectivity index (χ0v) is 10.2. The quantitative estimate of drug-likeness (QED) is 0.751. The monoisotopic (exact) mass is 210 g/mol. The number of hydrogen-bond acceptors (Lipinski definition) is 2. The van der Waals surface area contributed by atoms with Crippen molar-refractivity contribution in [2.75, 3.05) is 32.7 Å². The van der Waals surface area contributed by atoms with Crippen molar-refractivity contribution in [1.82, 2.24) is 10.2 Å². The topological polar surface area (TPSA) is 15.3 Å². The van der Waals surface area contributed by atoms with Crippen molar-refractivity contribution in [3.8, 4) is 0 Å².